The van der Waals surface area contributed by atoms with Crippen molar-refractivity contribution >= 4 is 29.1 Å². The fourth-order valence-corrected chi connectivity index (χ4v) is 3.40. The molecule has 0 aromatic rings. The lowest BCUT2D eigenvalue weighted by Crippen LogP contribution is -2.48. The lowest BCUT2D eigenvalue weighted by Gasteiger charge is -2.36. The lowest BCUT2D eigenvalue weighted by atomic mass is 10.3. The molecule has 1 rings (SSSR count). The highest BCUT2D eigenvalue weighted by Crippen LogP contribution is 2.24. The van der Waals surface area contributed by atoms with E-state index in [0.29, 0.717) is 10.5 Å². The summed E-state index contributed by atoms with van der Waals surface area (Å²) in [7, 11) is 0. The van der Waals surface area contributed by atoms with Crippen LogP contribution >= 0.6 is 24.0 Å². The molecule has 2 atom stereocenters. The second kappa shape index (κ2) is 6.59. The number of thiocarbonyl (C=S) groups is 1. The normalized spacial score (nSPS) is 26.5. The summed E-state index contributed by atoms with van der Waals surface area (Å²) in [6.45, 7) is 9.96. The largest absolute Gasteiger partial charge is 0.363 e. The molecule has 0 radical (unpaired) electrons. The van der Waals surface area contributed by atoms with E-state index in [4.69, 9.17) is 12.2 Å². The molecule has 1 aliphatic rings. The maximum atomic E-state index is 5.40. The van der Waals surface area contributed by atoms with Gasteiger partial charge in [0.1, 0.15) is 0 Å². The van der Waals surface area contributed by atoms with Crippen LogP contribution in [-0.4, -0.2) is 40.1 Å². The van der Waals surface area contributed by atoms with Crippen LogP contribution in [-0.2, 0) is 0 Å². The molecule has 15 heavy (non-hydrogen) atoms. The van der Waals surface area contributed by atoms with Crippen LogP contribution in [0.1, 0.15) is 33.6 Å². The Morgan fingerprint density at radius 1 is 1.40 bits per heavy atom. The maximum Gasteiger partial charge on any atom is 0.169 e. The van der Waals surface area contributed by atoms with Gasteiger partial charge in [0.2, 0.25) is 0 Å². The number of rotatable bonds is 3. The fourth-order valence-electron chi connectivity index (χ4n) is 1.83. The Morgan fingerprint density at radius 3 is 2.53 bits per heavy atom. The Labute approximate surface area is 103 Å². The predicted molar refractivity (Wildman–Crippen MR) is 73.6 cm³/mol. The molecule has 0 spiro atoms. The van der Waals surface area contributed by atoms with Crippen molar-refractivity contribution in [1.29, 1.82) is 0 Å². The molecule has 1 fully saturated rings. The summed E-state index contributed by atoms with van der Waals surface area (Å²) < 4.78 is 0. The van der Waals surface area contributed by atoms with Crippen LogP contribution in [0.2, 0.25) is 0 Å². The second-order valence-electron chi connectivity index (χ2n) is 4.25. The number of hydrogen-bond donors (Lipinski definition) is 1. The van der Waals surface area contributed by atoms with Crippen LogP contribution in [0, 0.1) is 0 Å². The molecule has 0 aromatic heterocycles. The van der Waals surface area contributed by atoms with E-state index in [2.05, 4.69) is 42.7 Å². The molecule has 88 valence electrons. The van der Waals surface area contributed by atoms with Crippen LogP contribution in [0.25, 0.3) is 0 Å². The van der Waals surface area contributed by atoms with Crippen LogP contribution in [0.3, 0.4) is 0 Å². The molecule has 1 aliphatic heterocycles. The molecule has 1 N–H and O–H groups in total. The number of nitrogens with one attached hydrogen (secondary N) is 1. The Kier molecular flexibility index (Phi) is 5.75. The molecule has 1 saturated heterocycles. The van der Waals surface area contributed by atoms with Crippen LogP contribution < -0.4 is 5.32 Å². The van der Waals surface area contributed by atoms with Crippen molar-refractivity contribution in [1.82, 2.24) is 10.2 Å². The van der Waals surface area contributed by atoms with Gasteiger partial charge in [-0.2, -0.15) is 11.8 Å². The van der Waals surface area contributed by atoms with Gasteiger partial charge in [0, 0.05) is 30.1 Å². The van der Waals surface area contributed by atoms with Gasteiger partial charge in [-0.25, -0.2) is 0 Å². The highest BCUT2D eigenvalue weighted by molar-refractivity contribution is 8.00. The van der Waals surface area contributed by atoms with Crippen molar-refractivity contribution in [2.45, 2.75) is 44.1 Å². The minimum absolute atomic E-state index is 0.694. The van der Waals surface area contributed by atoms with E-state index >= 15 is 0 Å². The second-order valence-corrected chi connectivity index (χ2v) is 6.52. The van der Waals surface area contributed by atoms with Gasteiger partial charge in [0.05, 0.1) is 0 Å². The maximum absolute atomic E-state index is 5.40. The number of unbranched alkanes of at least 4 members (excludes halogenated alkanes) is 1. The molecular formula is C11H22N2S2. The zero-order valence-electron chi connectivity index (χ0n) is 9.95. The molecule has 0 aromatic carbocycles. The van der Waals surface area contributed by atoms with Gasteiger partial charge >= 0.3 is 0 Å². The quantitative estimate of drug-likeness (QED) is 0.607. The molecule has 0 saturated carbocycles. The summed E-state index contributed by atoms with van der Waals surface area (Å²) in [5.74, 6) is 0. The van der Waals surface area contributed by atoms with E-state index in [0.717, 1.165) is 24.7 Å². The highest BCUT2D eigenvalue weighted by atomic mass is 32.2. The van der Waals surface area contributed by atoms with Crippen molar-refractivity contribution in [3.8, 4) is 0 Å². The number of nitrogens with zero attached hydrogens (tertiary/aromatic N) is 1. The fraction of sp³-hybridized carbons (Fsp3) is 0.909. The first-order valence-electron chi connectivity index (χ1n) is 5.81. The Bertz CT molecular complexity index is 199. The Hall–Kier alpha value is 0.0400. The Balaban J connectivity index is 2.31. The molecule has 0 aliphatic carbocycles. The summed E-state index contributed by atoms with van der Waals surface area (Å²) in [6, 6.07) is 0. The van der Waals surface area contributed by atoms with Crippen LogP contribution in [0.4, 0.5) is 0 Å². The van der Waals surface area contributed by atoms with Gasteiger partial charge in [-0.3, -0.25) is 0 Å². The zero-order chi connectivity index (χ0) is 11.3. The summed E-state index contributed by atoms with van der Waals surface area (Å²) >= 11 is 7.46. The van der Waals surface area contributed by atoms with Crippen molar-refractivity contribution in [2.24, 2.45) is 0 Å². The van der Waals surface area contributed by atoms with Gasteiger partial charge in [-0.05, 0) is 18.6 Å². The van der Waals surface area contributed by atoms with E-state index in [1.165, 1.54) is 12.8 Å². The van der Waals surface area contributed by atoms with Gasteiger partial charge < -0.3 is 10.2 Å². The third-order valence-electron chi connectivity index (χ3n) is 2.51. The minimum atomic E-state index is 0.694. The third-order valence-corrected chi connectivity index (χ3v) is 4.14. The molecule has 4 heteroatoms. The molecule has 2 unspecified atom stereocenters. The molecule has 0 bridgehead atoms. The SMILES string of the molecule is CCCCNC(=S)N1CC(C)SC(C)C1. The number of thioether (sulfide) groups is 1. The molecular weight excluding hydrogens is 224 g/mol. The van der Waals surface area contributed by atoms with E-state index in [1.807, 2.05) is 0 Å². The Morgan fingerprint density at radius 2 is 2.00 bits per heavy atom. The summed E-state index contributed by atoms with van der Waals surface area (Å²) in [6.07, 6.45) is 2.42. The van der Waals surface area contributed by atoms with E-state index in [-0.39, 0.29) is 0 Å². The standard InChI is InChI=1S/C11H22N2S2/c1-4-5-6-12-11(14)13-7-9(2)15-10(3)8-13/h9-10H,4-8H2,1-3H3,(H,12,14). The molecule has 0 amide bonds. The summed E-state index contributed by atoms with van der Waals surface area (Å²) in [4.78, 5) is 2.32. The first-order chi connectivity index (χ1) is 7.13. The minimum Gasteiger partial charge on any atom is -0.363 e. The van der Waals surface area contributed by atoms with Gasteiger partial charge in [-0.15, -0.1) is 0 Å². The van der Waals surface area contributed by atoms with Crippen LogP contribution in [0.5, 0.6) is 0 Å². The highest BCUT2D eigenvalue weighted by Gasteiger charge is 2.23. The lowest BCUT2D eigenvalue weighted by molar-refractivity contribution is 0.403. The first-order valence-corrected chi connectivity index (χ1v) is 7.16. The van der Waals surface area contributed by atoms with E-state index in [1.54, 1.807) is 0 Å². The summed E-state index contributed by atoms with van der Waals surface area (Å²) in [5, 5.41) is 5.68. The molecule has 2 nitrogen and oxygen atoms in total. The number of hydrogen-bond acceptors (Lipinski definition) is 2. The molecule has 1 heterocycles. The predicted octanol–water partition coefficient (Wildman–Crippen LogP) is 2.49. The summed E-state index contributed by atoms with van der Waals surface area (Å²) in [5.41, 5.74) is 0. The van der Waals surface area contributed by atoms with E-state index in [9.17, 15) is 0 Å². The van der Waals surface area contributed by atoms with E-state index < -0.39 is 0 Å². The van der Waals surface area contributed by atoms with Gasteiger partial charge in [-0.1, -0.05) is 27.2 Å². The smallest absolute Gasteiger partial charge is 0.169 e. The van der Waals surface area contributed by atoms with Crippen molar-refractivity contribution < 1.29 is 0 Å². The monoisotopic (exact) mass is 246 g/mol. The average molecular weight is 246 g/mol. The van der Waals surface area contributed by atoms with Crippen molar-refractivity contribution in [3.05, 3.63) is 0 Å². The van der Waals surface area contributed by atoms with Crippen molar-refractivity contribution in [2.75, 3.05) is 19.6 Å². The topological polar surface area (TPSA) is 15.3 Å². The zero-order valence-corrected chi connectivity index (χ0v) is 11.6. The first kappa shape index (κ1) is 13.1. The third kappa shape index (κ3) is 4.60. The van der Waals surface area contributed by atoms with Gasteiger partial charge in [0.25, 0.3) is 0 Å². The van der Waals surface area contributed by atoms with Gasteiger partial charge in [0.15, 0.2) is 5.11 Å². The van der Waals surface area contributed by atoms with Crippen LogP contribution in [0.15, 0.2) is 0 Å². The average Bonchev–Trinajstić information content (AvgIpc) is 2.16. The van der Waals surface area contributed by atoms with Crippen molar-refractivity contribution in [3.63, 3.8) is 0 Å².